The van der Waals surface area contributed by atoms with Gasteiger partial charge in [-0.3, -0.25) is 18.0 Å². The zero-order chi connectivity index (χ0) is 26.3. The monoisotopic (exact) mass is 538 g/mol. The fraction of sp³-hybridized carbons (Fsp3) is 0.417. The van der Waals surface area contributed by atoms with Crippen LogP contribution in [0.5, 0.6) is 0 Å². The summed E-state index contributed by atoms with van der Waals surface area (Å²) in [4.78, 5) is 28.0. The predicted octanol–water partition coefficient (Wildman–Crippen LogP) is 1.87. The molecule has 0 aliphatic carbocycles. The lowest BCUT2D eigenvalue weighted by atomic mass is 10.2. The van der Waals surface area contributed by atoms with E-state index in [0.717, 1.165) is 11.1 Å². The molecule has 0 aromatic heterocycles. The van der Waals surface area contributed by atoms with Gasteiger partial charge in [-0.1, -0.05) is 35.4 Å². The van der Waals surface area contributed by atoms with Crippen LogP contribution >= 0.6 is 0 Å². The zero-order valence-electron chi connectivity index (χ0n) is 20.3. The van der Waals surface area contributed by atoms with Crippen LogP contribution in [0.1, 0.15) is 24.0 Å². The Balaban J connectivity index is 1.38. The van der Waals surface area contributed by atoms with Gasteiger partial charge >= 0.3 is 0 Å². The van der Waals surface area contributed by atoms with Gasteiger partial charge in [-0.15, -0.1) is 0 Å². The van der Waals surface area contributed by atoms with E-state index in [1.165, 1.54) is 24.3 Å². The normalized spacial score (nSPS) is 14.6. The van der Waals surface area contributed by atoms with Crippen molar-refractivity contribution in [2.24, 2.45) is 0 Å². The van der Waals surface area contributed by atoms with Crippen LogP contribution in [0.3, 0.4) is 0 Å². The van der Waals surface area contributed by atoms with Crippen molar-refractivity contribution in [2.45, 2.75) is 36.5 Å². The first-order valence-electron chi connectivity index (χ1n) is 11.5. The highest BCUT2D eigenvalue weighted by molar-refractivity contribution is 7.87. The minimum atomic E-state index is -3.94. The van der Waals surface area contributed by atoms with Crippen LogP contribution in [0.15, 0.2) is 58.3 Å². The summed E-state index contributed by atoms with van der Waals surface area (Å²) in [5.74, 6) is -0.539. The van der Waals surface area contributed by atoms with E-state index >= 15 is 0 Å². The molecule has 3 rings (SSSR count). The number of carbonyl (C=O) groups excluding carboxylic acids is 2. The maximum absolute atomic E-state index is 12.4. The molecule has 10 nitrogen and oxygen atoms in total. The summed E-state index contributed by atoms with van der Waals surface area (Å²) in [6.45, 7) is 4.29. The first-order valence-corrected chi connectivity index (χ1v) is 14.3. The maximum atomic E-state index is 12.4. The number of aryl methyl sites for hydroxylation is 2. The number of amides is 2. The van der Waals surface area contributed by atoms with Crippen LogP contribution in [-0.2, 0) is 38.2 Å². The molecular formula is C24H30N2O8S2. The van der Waals surface area contributed by atoms with Gasteiger partial charge in [0.05, 0.1) is 35.8 Å². The van der Waals surface area contributed by atoms with Crippen LogP contribution in [0.25, 0.3) is 0 Å². The molecule has 0 spiro atoms. The zero-order valence-corrected chi connectivity index (χ0v) is 21.9. The maximum Gasteiger partial charge on any atom is 0.296 e. The van der Waals surface area contributed by atoms with E-state index in [1.807, 2.05) is 13.8 Å². The molecule has 0 unspecified atom stereocenters. The highest BCUT2D eigenvalue weighted by atomic mass is 32.2. The molecule has 0 atom stereocenters. The molecule has 2 amide bonds. The van der Waals surface area contributed by atoms with Gasteiger partial charge in [-0.05, 0) is 38.1 Å². The van der Waals surface area contributed by atoms with E-state index in [9.17, 15) is 26.4 Å². The van der Waals surface area contributed by atoms with Gasteiger partial charge < -0.3 is 9.80 Å². The smallest absolute Gasteiger partial charge is 0.296 e. The molecule has 0 N–H and O–H groups in total. The molecule has 0 bridgehead atoms. The minimum absolute atomic E-state index is 0.0309. The molecule has 36 heavy (non-hydrogen) atoms. The SMILES string of the molecule is Cc1ccc(S(=O)(=O)OCCC(=O)N2CCN(C(=O)CCOS(=O)(=O)c3ccc(C)cc3)CC2)cc1. The van der Waals surface area contributed by atoms with Gasteiger partial charge in [0.25, 0.3) is 20.2 Å². The van der Waals surface area contributed by atoms with Crippen molar-refractivity contribution in [3.05, 3.63) is 59.7 Å². The van der Waals surface area contributed by atoms with Crippen molar-refractivity contribution in [1.29, 1.82) is 0 Å². The molecule has 1 fully saturated rings. The van der Waals surface area contributed by atoms with Crippen LogP contribution in [0.2, 0.25) is 0 Å². The molecule has 1 aliphatic heterocycles. The van der Waals surface area contributed by atoms with E-state index in [0.29, 0.717) is 0 Å². The largest absolute Gasteiger partial charge is 0.339 e. The van der Waals surface area contributed by atoms with Crippen LogP contribution in [-0.4, -0.2) is 77.8 Å². The molecule has 12 heteroatoms. The Labute approximate surface area is 212 Å². The Hall–Kier alpha value is -2.80. The van der Waals surface area contributed by atoms with Gasteiger partial charge in [0.1, 0.15) is 0 Å². The van der Waals surface area contributed by atoms with E-state index in [4.69, 9.17) is 8.37 Å². The van der Waals surface area contributed by atoms with Crippen LogP contribution in [0.4, 0.5) is 0 Å². The third kappa shape index (κ3) is 7.60. The topological polar surface area (TPSA) is 127 Å². The van der Waals surface area contributed by atoms with Gasteiger partial charge in [-0.2, -0.15) is 16.8 Å². The number of carbonyl (C=O) groups is 2. The quantitative estimate of drug-likeness (QED) is 0.420. The van der Waals surface area contributed by atoms with E-state index in [2.05, 4.69) is 0 Å². The summed E-state index contributed by atoms with van der Waals surface area (Å²) < 4.78 is 58.9. The second kappa shape index (κ2) is 12.0. The second-order valence-electron chi connectivity index (χ2n) is 8.44. The van der Waals surface area contributed by atoms with Crippen molar-refractivity contribution >= 4 is 32.1 Å². The van der Waals surface area contributed by atoms with Crippen LogP contribution < -0.4 is 0 Å². The molecule has 0 saturated carbocycles. The molecular weight excluding hydrogens is 508 g/mol. The summed E-state index contributed by atoms with van der Waals surface area (Å²) in [7, 11) is -7.88. The molecule has 1 aliphatic rings. The van der Waals surface area contributed by atoms with Crippen molar-refractivity contribution in [3.63, 3.8) is 0 Å². The average molecular weight is 539 g/mol. The van der Waals surface area contributed by atoms with Crippen molar-refractivity contribution in [2.75, 3.05) is 39.4 Å². The number of piperazine rings is 1. The standard InChI is InChI=1S/C24H30N2O8S2/c1-19-3-7-21(8-4-19)35(29,30)33-17-11-23(27)25-13-15-26(16-14-25)24(28)12-18-34-36(31,32)22-9-5-20(2)6-10-22/h3-10H,11-18H2,1-2H3. The number of rotatable bonds is 10. The second-order valence-corrected chi connectivity index (χ2v) is 11.7. The summed E-state index contributed by atoms with van der Waals surface area (Å²) >= 11 is 0. The Morgan fingerprint density at radius 2 is 0.944 bits per heavy atom. The van der Waals surface area contributed by atoms with Gasteiger partial charge in [0.15, 0.2) is 0 Å². The molecule has 2 aromatic rings. The number of nitrogens with zero attached hydrogens (tertiary/aromatic N) is 2. The Bertz CT molecular complexity index is 1160. The fourth-order valence-electron chi connectivity index (χ4n) is 3.54. The number of hydrogen-bond donors (Lipinski definition) is 0. The highest BCUT2D eigenvalue weighted by Crippen LogP contribution is 2.15. The summed E-state index contributed by atoms with van der Waals surface area (Å²) in [6.07, 6.45) is -0.215. The van der Waals surface area contributed by atoms with Gasteiger partial charge in [0, 0.05) is 26.2 Å². The molecule has 0 radical (unpaired) electrons. The fourth-order valence-corrected chi connectivity index (χ4v) is 5.36. The average Bonchev–Trinajstić information content (AvgIpc) is 2.84. The third-order valence-electron chi connectivity index (χ3n) is 5.71. The molecule has 1 saturated heterocycles. The molecule has 2 aromatic carbocycles. The highest BCUT2D eigenvalue weighted by Gasteiger charge is 2.25. The lowest BCUT2D eigenvalue weighted by Crippen LogP contribution is -2.50. The first-order chi connectivity index (χ1) is 17.0. The molecule has 1 heterocycles. The van der Waals surface area contributed by atoms with Crippen molar-refractivity contribution < 1.29 is 34.8 Å². The van der Waals surface area contributed by atoms with E-state index in [-0.39, 0.29) is 73.8 Å². The van der Waals surface area contributed by atoms with Crippen molar-refractivity contribution in [3.8, 4) is 0 Å². The van der Waals surface area contributed by atoms with E-state index in [1.54, 1.807) is 34.1 Å². The lowest BCUT2D eigenvalue weighted by Gasteiger charge is -2.34. The van der Waals surface area contributed by atoms with Gasteiger partial charge in [-0.25, -0.2) is 0 Å². The number of hydrogen-bond acceptors (Lipinski definition) is 8. The minimum Gasteiger partial charge on any atom is -0.339 e. The Kier molecular flexibility index (Phi) is 9.23. The summed E-state index contributed by atoms with van der Waals surface area (Å²) in [6, 6.07) is 12.5. The summed E-state index contributed by atoms with van der Waals surface area (Å²) in [5, 5.41) is 0. The van der Waals surface area contributed by atoms with Gasteiger partial charge in [0.2, 0.25) is 11.8 Å². The molecule has 196 valence electrons. The first kappa shape index (κ1) is 27.8. The predicted molar refractivity (Wildman–Crippen MR) is 131 cm³/mol. The third-order valence-corrected chi connectivity index (χ3v) is 8.37. The van der Waals surface area contributed by atoms with Crippen LogP contribution in [0, 0.1) is 13.8 Å². The van der Waals surface area contributed by atoms with E-state index < -0.39 is 20.2 Å². The Morgan fingerprint density at radius 1 is 0.639 bits per heavy atom. The van der Waals surface area contributed by atoms with Crippen molar-refractivity contribution in [1.82, 2.24) is 9.80 Å². The Morgan fingerprint density at radius 3 is 1.25 bits per heavy atom. The summed E-state index contributed by atoms with van der Waals surface area (Å²) in [5.41, 5.74) is 1.84. The number of benzene rings is 2. The lowest BCUT2D eigenvalue weighted by molar-refractivity contribution is -0.140.